The summed E-state index contributed by atoms with van der Waals surface area (Å²) >= 11 is 0. The second-order valence-electron chi connectivity index (χ2n) is 10.0. The minimum atomic E-state index is -1.10. The van der Waals surface area contributed by atoms with Gasteiger partial charge in [-0.05, 0) is 80.3 Å². The van der Waals surface area contributed by atoms with E-state index in [0.29, 0.717) is 5.69 Å². The number of halogens is 1. The first kappa shape index (κ1) is 28.2. The lowest BCUT2D eigenvalue weighted by Gasteiger charge is -2.28. The standard InChI is InChI=1S/C29H38FN3O4/c1-4-5-7-10-20-15-18(2)25(19(3)16-20)33-29(37)31-24-17-22(30)13-14-23(24)27(34)32-26(28(35)36)21-11-8-6-9-12-21/h13-17,21,26H,4-12H2,1-3H3,(H,32,34)(H,35,36)(H2,31,33,37)/t26-/m0/s1. The quantitative estimate of drug-likeness (QED) is 0.270. The van der Waals surface area contributed by atoms with Gasteiger partial charge in [-0.15, -0.1) is 0 Å². The molecule has 1 atom stereocenters. The Hall–Kier alpha value is -3.42. The van der Waals surface area contributed by atoms with Crippen molar-refractivity contribution in [2.24, 2.45) is 5.92 Å². The third kappa shape index (κ3) is 7.78. The van der Waals surface area contributed by atoms with E-state index in [4.69, 9.17) is 0 Å². The first-order valence-corrected chi connectivity index (χ1v) is 13.2. The number of hydrogen-bond acceptors (Lipinski definition) is 3. The summed E-state index contributed by atoms with van der Waals surface area (Å²) < 4.78 is 14.1. The molecule has 2 aromatic rings. The van der Waals surface area contributed by atoms with E-state index in [1.807, 2.05) is 13.8 Å². The topological polar surface area (TPSA) is 108 Å². The van der Waals surface area contributed by atoms with Gasteiger partial charge in [0.1, 0.15) is 11.9 Å². The van der Waals surface area contributed by atoms with Crippen LogP contribution in [0, 0.1) is 25.6 Å². The molecule has 0 heterocycles. The summed E-state index contributed by atoms with van der Waals surface area (Å²) in [6, 6.07) is 5.86. The number of carbonyl (C=O) groups is 3. The monoisotopic (exact) mass is 511 g/mol. The Balaban J connectivity index is 1.74. The molecule has 0 unspecified atom stereocenters. The number of hydrogen-bond donors (Lipinski definition) is 4. The second-order valence-corrected chi connectivity index (χ2v) is 10.0. The first-order chi connectivity index (χ1) is 17.7. The number of rotatable bonds is 10. The number of unbranched alkanes of at least 4 members (excludes halogenated alkanes) is 2. The lowest BCUT2D eigenvalue weighted by Crippen LogP contribution is -2.46. The van der Waals surface area contributed by atoms with E-state index < -0.39 is 29.8 Å². The number of amides is 3. The van der Waals surface area contributed by atoms with Crippen LogP contribution in [0.5, 0.6) is 0 Å². The molecule has 37 heavy (non-hydrogen) atoms. The highest BCUT2D eigenvalue weighted by atomic mass is 19.1. The van der Waals surface area contributed by atoms with Crippen LogP contribution < -0.4 is 16.0 Å². The van der Waals surface area contributed by atoms with Gasteiger partial charge >= 0.3 is 12.0 Å². The summed E-state index contributed by atoms with van der Waals surface area (Å²) in [6.45, 7) is 6.01. The van der Waals surface area contributed by atoms with Gasteiger partial charge in [0.25, 0.3) is 5.91 Å². The lowest BCUT2D eigenvalue weighted by atomic mass is 9.84. The molecular weight excluding hydrogens is 473 g/mol. The smallest absolute Gasteiger partial charge is 0.326 e. The average Bonchev–Trinajstić information content (AvgIpc) is 2.85. The van der Waals surface area contributed by atoms with Crippen molar-refractivity contribution >= 4 is 29.3 Å². The molecule has 0 spiro atoms. The number of anilines is 2. The molecule has 0 bridgehead atoms. The highest BCUT2D eigenvalue weighted by Crippen LogP contribution is 2.28. The number of benzene rings is 2. The highest BCUT2D eigenvalue weighted by Gasteiger charge is 2.31. The van der Waals surface area contributed by atoms with Crippen LogP contribution in [0.15, 0.2) is 30.3 Å². The van der Waals surface area contributed by atoms with Gasteiger partial charge in [-0.3, -0.25) is 4.79 Å². The van der Waals surface area contributed by atoms with Crippen LogP contribution in [0.2, 0.25) is 0 Å². The van der Waals surface area contributed by atoms with Crippen molar-refractivity contribution in [3.8, 4) is 0 Å². The molecule has 4 N–H and O–H groups in total. The van der Waals surface area contributed by atoms with E-state index in [1.54, 1.807) is 0 Å². The molecule has 0 saturated heterocycles. The molecule has 1 aliphatic carbocycles. The van der Waals surface area contributed by atoms with E-state index in [1.165, 1.54) is 11.6 Å². The van der Waals surface area contributed by atoms with Gasteiger partial charge in [-0.1, -0.05) is 51.2 Å². The first-order valence-electron chi connectivity index (χ1n) is 13.2. The fraction of sp³-hybridized carbons (Fsp3) is 0.483. The van der Waals surface area contributed by atoms with E-state index >= 15 is 0 Å². The fourth-order valence-electron chi connectivity index (χ4n) is 5.13. The average molecular weight is 512 g/mol. The number of urea groups is 1. The summed E-state index contributed by atoms with van der Waals surface area (Å²) in [6.07, 6.45) is 8.75. The maximum atomic E-state index is 14.1. The van der Waals surface area contributed by atoms with Crippen molar-refractivity contribution < 1.29 is 23.9 Å². The van der Waals surface area contributed by atoms with Gasteiger partial charge in [-0.25, -0.2) is 14.0 Å². The molecule has 3 amide bonds. The Morgan fingerprint density at radius 3 is 2.30 bits per heavy atom. The SMILES string of the molecule is CCCCCc1cc(C)c(NC(=O)Nc2cc(F)ccc2C(=O)N[C@H](C(=O)O)C2CCCCC2)c(C)c1. The predicted molar refractivity (Wildman–Crippen MR) is 144 cm³/mol. The summed E-state index contributed by atoms with van der Waals surface area (Å²) in [5.74, 6) is -2.56. The Bertz CT molecular complexity index is 1110. The van der Waals surface area contributed by atoms with Gasteiger partial charge in [0.05, 0.1) is 11.3 Å². The summed E-state index contributed by atoms with van der Waals surface area (Å²) in [5.41, 5.74) is 3.66. The Labute approximate surface area is 218 Å². The van der Waals surface area contributed by atoms with E-state index in [0.717, 1.165) is 81.0 Å². The van der Waals surface area contributed by atoms with Crippen LogP contribution in [0.4, 0.5) is 20.6 Å². The van der Waals surface area contributed by atoms with Crippen molar-refractivity contribution in [2.45, 2.75) is 84.6 Å². The molecule has 0 aliphatic heterocycles. The minimum absolute atomic E-state index is 0.00155. The third-order valence-corrected chi connectivity index (χ3v) is 7.05. The zero-order valence-corrected chi connectivity index (χ0v) is 22.0. The number of carbonyl (C=O) groups excluding carboxylic acids is 2. The van der Waals surface area contributed by atoms with E-state index in [2.05, 4.69) is 35.0 Å². The predicted octanol–water partition coefficient (Wildman–Crippen LogP) is 6.58. The van der Waals surface area contributed by atoms with E-state index in [-0.39, 0.29) is 17.2 Å². The molecule has 1 aliphatic rings. The number of nitrogens with one attached hydrogen (secondary N) is 3. The normalized spacial score (nSPS) is 14.6. The number of carboxylic acids is 1. The van der Waals surface area contributed by atoms with Crippen LogP contribution in [-0.4, -0.2) is 29.1 Å². The molecule has 1 fully saturated rings. The van der Waals surface area contributed by atoms with Crippen molar-refractivity contribution in [2.75, 3.05) is 10.6 Å². The van der Waals surface area contributed by atoms with Crippen LogP contribution in [0.25, 0.3) is 0 Å². The lowest BCUT2D eigenvalue weighted by molar-refractivity contribution is -0.141. The highest BCUT2D eigenvalue weighted by molar-refractivity contribution is 6.07. The zero-order chi connectivity index (χ0) is 26.9. The third-order valence-electron chi connectivity index (χ3n) is 7.05. The molecule has 7 nitrogen and oxygen atoms in total. The van der Waals surface area contributed by atoms with Crippen molar-refractivity contribution in [3.63, 3.8) is 0 Å². The van der Waals surface area contributed by atoms with Crippen molar-refractivity contribution in [3.05, 3.63) is 58.4 Å². The summed E-state index contributed by atoms with van der Waals surface area (Å²) in [7, 11) is 0. The Morgan fingerprint density at radius 1 is 1.00 bits per heavy atom. The largest absolute Gasteiger partial charge is 0.480 e. The van der Waals surface area contributed by atoms with Gasteiger partial charge in [-0.2, -0.15) is 0 Å². The molecule has 8 heteroatoms. The number of carboxylic acid groups (broad SMARTS) is 1. The maximum absolute atomic E-state index is 14.1. The van der Waals surface area contributed by atoms with Crippen LogP contribution >= 0.6 is 0 Å². The summed E-state index contributed by atoms with van der Waals surface area (Å²) in [4.78, 5) is 37.8. The van der Waals surface area contributed by atoms with Gasteiger partial charge < -0.3 is 21.1 Å². The van der Waals surface area contributed by atoms with Gasteiger partial charge in [0.15, 0.2) is 0 Å². The maximum Gasteiger partial charge on any atom is 0.326 e. The minimum Gasteiger partial charge on any atom is -0.480 e. The number of aliphatic carboxylic acids is 1. The van der Waals surface area contributed by atoms with E-state index in [9.17, 15) is 23.9 Å². The van der Waals surface area contributed by atoms with Crippen LogP contribution in [0.1, 0.15) is 85.3 Å². The molecular formula is C29H38FN3O4. The number of aryl methyl sites for hydroxylation is 3. The van der Waals surface area contributed by atoms with Gasteiger partial charge in [0.2, 0.25) is 0 Å². The molecule has 1 saturated carbocycles. The second kappa shape index (κ2) is 13.2. The Kier molecular flexibility index (Phi) is 10.1. The molecule has 0 aromatic heterocycles. The zero-order valence-electron chi connectivity index (χ0n) is 22.0. The summed E-state index contributed by atoms with van der Waals surface area (Å²) in [5, 5.41) is 17.7. The van der Waals surface area contributed by atoms with Crippen molar-refractivity contribution in [1.29, 1.82) is 0 Å². The molecule has 2 aromatic carbocycles. The fourth-order valence-corrected chi connectivity index (χ4v) is 5.13. The van der Waals surface area contributed by atoms with Crippen LogP contribution in [0.3, 0.4) is 0 Å². The molecule has 3 rings (SSSR count). The molecule has 200 valence electrons. The molecule has 0 radical (unpaired) electrons. The Morgan fingerprint density at radius 2 is 1.68 bits per heavy atom. The van der Waals surface area contributed by atoms with Gasteiger partial charge in [0, 0.05) is 5.69 Å². The van der Waals surface area contributed by atoms with Crippen LogP contribution in [-0.2, 0) is 11.2 Å². The van der Waals surface area contributed by atoms with Crippen molar-refractivity contribution in [1.82, 2.24) is 5.32 Å².